The minimum atomic E-state index is -0.430. The van der Waals surface area contributed by atoms with Crippen LogP contribution in [0, 0.1) is 0 Å². The van der Waals surface area contributed by atoms with Gasteiger partial charge in [0, 0.05) is 16.5 Å². The van der Waals surface area contributed by atoms with Gasteiger partial charge in [0.25, 0.3) is 5.91 Å². The molecule has 2 aromatic heterocycles. The summed E-state index contributed by atoms with van der Waals surface area (Å²) in [6, 6.07) is 0. The molecule has 4 nitrogen and oxygen atoms in total. The molecule has 82 valence electrons. The molecule has 1 saturated carbocycles. The van der Waals surface area contributed by atoms with E-state index < -0.39 is 5.91 Å². The van der Waals surface area contributed by atoms with E-state index in [1.807, 2.05) is 5.38 Å². The fourth-order valence-electron chi connectivity index (χ4n) is 1.55. The van der Waals surface area contributed by atoms with Crippen molar-refractivity contribution < 1.29 is 4.79 Å². The van der Waals surface area contributed by atoms with Gasteiger partial charge in [-0.25, -0.2) is 9.97 Å². The first-order valence-electron chi connectivity index (χ1n) is 4.96. The van der Waals surface area contributed by atoms with E-state index in [0.717, 1.165) is 27.7 Å². The number of nitrogens with zero attached hydrogens (tertiary/aromatic N) is 2. The Bertz CT molecular complexity index is 528. The van der Waals surface area contributed by atoms with E-state index in [2.05, 4.69) is 9.97 Å². The second kappa shape index (κ2) is 3.64. The number of nitrogens with two attached hydrogens (primary N) is 1. The molecule has 0 spiro atoms. The average molecular weight is 251 g/mol. The molecule has 3 rings (SSSR count). The highest BCUT2D eigenvalue weighted by atomic mass is 32.1. The number of aromatic nitrogens is 2. The van der Waals surface area contributed by atoms with Crippen LogP contribution in [0.2, 0.25) is 0 Å². The van der Waals surface area contributed by atoms with Crippen molar-refractivity contribution in [3.63, 3.8) is 0 Å². The SMILES string of the molecule is NC(=O)c1nc(-c2nccs2)sc1C1CC1. The van der Waals surface area contributed by atoms with E-state index in [-0.39, 0.29) is 0 Å². The summed E-state index contributed by atoms with van der Waals surface area (Å²) in [5, 5.41) is 3.57. The Hall–Kier alpha value is -1.27. The van der Waals surface area contributed by atoms with Crippen molar-refractivity contribution in [1.29, 1.82) is 0 Å². The number of primary amides is 1. The van der Waals surface area contributed by atoms with Gasteiger partial charge < -0.3 is 5.73 Å². The Morgan fingerprint density at radius 2 is 2.25 bits per heavy atom. The maximum absolute atomic E-state index is 11.3. The fourth-order valence-corrected chi connectivity index (χ4v) is 3.47. The highest BCUT2D eigenvalue weighted by Crippen LogP contribution is 2.46. The van der Waals surface area contributed by atoms with Crippen molar-refractivity contribution in [1.82, 2.24) is 9.97 Å². The number of carbonyl (C=O) groups excluding carboxylic acids is 1. The third-order valence-electron chi connectivity index (χ3n) is 2.45. The standard InChI is InChI=1S/C10H9N3OS2/c11-8(14)6-7(5-1-2-5)16-10(13-6)9-12-3-4-15-9/h3-5H,1-2H2,(H2,11,14). The van der Waals surface area contributed by atoms with Gasteiger partial charge in [0.05, 0.1) is 0 Å². The van der Waals surface area contributed by atoms with Gasteiger partial charge in [-0.3, -0.25) is 4.79 Å². The van der Waals surface area contributed by atoms with Crippen LogP contribution in [-0.4, -0.2) is 15.9 Å². The molecule has 1 fully saturated rings. The molecule has 0 unspecified atom stereocenters. The smallest absolute Gasteiger partial charge is 0.268 e. The molecule has 6 heteroatoms. The summed E-state index contributed by atoms with van der Waals surface area (Å²) in [4.78, 5) is 20.8. The molecule has 2 N–H and O–H groups in total. The molecule has 0 aliphatic heterocycles. The quantitative estimate of drug-likeness (QED) is 0.909. The maximum atomic E-state index is 11.3. The number of carbonyl (C=O) groups is 1. The fraction of sp³-hybridized carbons (Fsp3) is 0.300. The molecular formula is C10H9N3OS2. The minimum absolute atomic E-state index is 0.430. The summed E-state index contributed by atoms with van der Waals surface area (Å²) >= 11 is 3.08. The molecule has 1 aliphatic carbocycles. The first kappa shape index (κ1) is 9.92. The van der Waals surface area contributed by atoms with Crippen molar-refractivity contribution in [2.75, 3.05) is 0 Å². The Morgan fingerprint density at radius 1 is 1.44 bits per heavy atom. The lowest BCUT2D eigenvalue weighted by Crippen LogP contribution is -2.13. The van der Waals surface area contributed by atoms with Gasteiger partial charge in [0.2, 0.25) is 0 Å². The molecule has 1 amide bonds. The summed E-state index contributed by atoms with van der Waals surface area (Å²) in [6.45, 7) is 0. The van der Waals surface area contributed by atoms with Gasteiger partial charge in [-0.15, -0.1) is 22.7 Å². The Balaban J connectivity index is 2.08. The monoisotopic (exact) mass is 251 g/mol. The van der Waals surface area contributed by atoms with Crippen molar-refractivity contribution in [3.05, 3.63) is 22.1 Å². The molecule has 0 atom stereocenters. The summed E-state index contributed by atoms with van der Waals surface area (Å²) in [5.41, 5.74) is 5.78. The highest BCUT2D eigenvalue weighted by molar-refractivity contribution is 7.20. The Labute approximate surface area is 100 Å². The normalized spacial score (nSPS) is 15.2. The van der Waals surface area contributed by atoms with Crippen LogP contribution in [-0.2, 0) is 0 Å². The predicted octanol–water partition coefficient (Wildman–Crippen LogP) is 2.24. The second-order valence-corrected chi connectivity index (χ2v) is 5.63. The van der Waals surface area contributed by atoms with Crippen LogP contribution in [0.25, 0.3) is 10.0 Å². The van der Waals surface area contributed by atoms with E-state index in [4.69, 9.17) is 5.73 Å². The lowest BCUT2D eigenvalue weighted by molar-refractivity contribution is 0.0995. The van der Waals surface area contributed by atoms with Crippen LogP contribution in [0.4, 0.5) is 0 Å². The molecule has 0 radical (unpaired) electrons. The molecule has 2 aromatic rings. The number of thiazole rings is 2. The van der Waals surface area contributed by atoms with E-state index in [0.29, 0.717) is 11.6 Å². The average Bonchev–Trinajstić information content (AvgIpc) is 2.83. The van der Waals surface area contributed by atoms with Crippen molar-refractivity contribution in [2.24, 2.45) is 5.73 Å². The first-order chi connectivity index (χ1) is 7.75. The first-order valence-corrected chi connectivity index (χ1v) is 6.65. The summed E-state index contributed by atoms with van der Waals surface area (Å²) in [5.74, 6) is 0.0645. The molecular weight excluding hydrogens is 242 g/mol. The summed E-state index contributed by atoms with van der Waals surface area (Å²) < 4.78 is 0. The van der Waals surface area contributed by atoms with Gasteiger partial charge >= 0.3 is 0 Å². The third-order valence-corrected chi connectivity index (χ3v) is 4.58. The Kier molecular flexibility index (Phi) is 2.26. The van der Waals surface area contributed by atoms with Crippen LogP contribution in [0.1, 0.15) is 34.1 Å². The van der Waals surface area contributed by atoms with Crippen LogP contribution in [0.5, 0.6) is 0 Å². The molecule has 1 aliphatic rings. The third kappa shape index (κ3) is 1.64. The van der Waals surface area contributed by atoms with E-state index in [9.17, 15) is 4.79 Å². The molecule has 0 saturated heterocycles. The van der Waals surface area contributed by atoms with Crippen LogP contribution >= 0.6 is 22.7 Å². The number of hydrogen-bond donors (Lipinski definition) is 1. The van der Waals surface area contributed by atoms with E-state index in [1.165, 1.54) is 11.3 Å². The summed E-state index contributed by atoms with van der Waals surface area (Å²) in [6.07, 6.45) is 4.02. The van der Waals surface area contributed by atoms with E-state index in [1.54, 1.807) is 17.5 Å². The topological polar surface area (TPSA) is 68.9 Å². The maximum Gasteiger partial charge on any atom is 0.268 e. The van der Waals surface area contributed by atoms with Crippen molar-refractivity contribution >= 4 is 28.6 Å². The van der Waals surface area contributed by atoms with Crippen LogP contribution < -0.4 is 5.73 Å². The lowest BCUT2D eigenvalue weighted by Gasteiger charge is -1.92. The molecule has 16 heavy (non-hydrogen) atoms. The molecule has 0 bridgehead atoms. The van der Waals surface area contributed by atoms with Gasteiger partial charge in [0.15, 0.2) is 10.0 Å². The van der Waals surface area contributed by atoms with Gasteiger partial charge in [-0.05, 0) is 18.8 Å². The Morgan fingerprint density at radius 3 is 2.81 bits per heavy atom. The highest BCUT2D eigenvalue weighted by Gasteiger charge is 2.31. The van der Waals surface area contributed by atoms with Gasteiger partial charge in [0.1, 0.15) is 5.69 Å². The zero-order valence-corrected chi connectivity index (χ0v) is 9.98. The number of amides is 1. The minimum Gasteiger partial charge on any atom is -0.364 e. The lowest BCUT2D eigenvalue weighted by atomic mass is 10.2. The predicted molar refractivity (Wildman–Crippen MR) is 63.7 cm³/mol. The van der Waals surface area contributed by atoms with Gasteiger partial charge in [-0.1, -0.05) is 0 Å². The number of hydrogen-bond acceptors (Lipinski definition) is 5. The largest absolute Gasteiger partial charge is 0.364 e. The zero-order valence-electron chi connectivity index (χ0n) is 8.34. The zero-order chi connectivity index (χ0) is 11.1. The molecule has 0 aromatic carbocycles. The van der Waals surface area contributed by atoms with Crippen molar-refractivity contribution in [3.8, 4) is 10.0 Å². The summed E-state index contributed by atoms with van der Waals surface area (Å²) in [7, 11) is 0. The van der Waals surface area contributed by atoms with Crippen molar-refractivity contribution in [2.45, 2.75) is 18.8 Å². The molecule has 2 heterocycles. The second-order valence-electron chi connectivity index (χ2n) is 3.71. The van der Waals surface area contributed by atoms with Gasteiger partial charge in [-0.2, -0.15) is 0 Å². The number of rotatable bonds is 3. The van der Waals surface area contributed by atoms with E-state index >= 15 is 0 Å². The van der Waals surface area contributed by atoms with Crippen LogP contribution in [0.15, 0.2) is 11.6 Å². The van der Waals surface area contributed by atoms with Crippen LogP contribution in [0.3, 0.4) is 0 Å².